The van der Waals surface area contributed by atoms with Gasteiger partial charge in [-0.15, -0.1) is 0 Å². The smallest absolute Gasteiger partial charge is 0.303 e. The van der Waals surface area contributed by atoms with Crippen molar-refractivity contribution < 1.29 is 29.4 Å². The summed E-state index contributed by atoms with van der Waals surface area (Å²) in [5, 5.41) is 24.0. The molecule has 2 amide bonds. The molecule has 0 saturated carbocycles. The first-order chi connectivity index (χ1) is 20.4. The molecule has 0 spiro atoms. The minimum absolute atomic E-state index is 0.0824. The minimum atomic E-state index is -0.932. The summed E-state index contributed by atoms with van der Waals surface area (Å²) in [5.41, 5.74) is 10.5. The number of aliphatic carboxylic acids is 2. The van der Waals surface area contributed by atoms with E-state index in [9.17, 15) is 19.2 Å². The SMILES string of the molecule is C=Cc1c(Cc2[nH]c(C=C3NC(=O)C(C)=C3CCC(=O)O)c(C)c2C=C)[nH]c(C=C2NC(=O)C(C)=C2CCC(=O)O)c1C. The summed E-state index contributed by atoms with van der Waals surface area (Å²) in [5.74, 6) is -2.35. The highest BCUT2D eigenvalue weighted by molar-refractivity contribution is 6.01. The average molecular weight is 585 g/mol. The largest absolute Gasteiger partial charge is 0.481 e. The van der Waals surface area contributed by atoms with E-state index in [4.69, 9.17) is 10.2 Å². The van der Waals surface area contributed by atoms with E-state index >= 15 is 0 Å². The van der Waals surface area contributed by atoms with Gasteiger partial charge in [-0.05, 0) is 86.1 Å². The van der Waals surface area contributed by atoms with Gasteiger partial charge in [0.25, 0.3) is 11.8 Å². The van der Waals surface area contributed by atoms with E-state index in [1.54, 1.807) is 26.0 Å². The number of aromatic nitrogens is 2. The van der Waals surface area contributed by atoms with E-state index in [2.05, 4.69) is 33.8 Å². The van der Waals surface area contributed by atoms with Gasteiger partial charge in [-0.1, -0.05) is 25.3 Å². The molecule has 0 saturated heterocycles. The summed E-state index contributed by atoms with van der Waals surface area (Å²) >= 11 is 0. The van der Waals surface area contributed by atoms with Crippen molar-refractivity contribution in [3.63, 3.8) is 0 Å². The van der Waals surface area contributed by atoms with E-state index in [-0.39, 0.29) is 37.5 Å². The van der Waals surface area contributed by atoms with E-state index in [1.165, 1.54) is 0 Å². The van der Waals surface area contributed by atoms with E-state index < -0.39 is 11.9 Å². The quantitative estimate of drug-likeness (QED) is 0.202. The van der Waals surface area contributed by atoms with Gasteiger partial charge in [-0.25, -0.2) is 0 Å². The zero-order valence-corrected chi connectivity index (χ0v) is 24.8. The van der Waals surface area contributed by atoms with Gasteiger partial charge in [-0.3, -0.25) is 19.2 Å². The van der Waals surface area contributed by atoms with Crippen LogP contribution in [0.1, 0.15) is 84.6 Å². The topological polar surface area (TPSA) is 164 Å². The molecule has 0 aliphatic carbocycles. The molecule has 43 heavy (non-hydrogen) atoms. The number of nitrogens with one attached hydrogen (secondary N) is 4. The van der Waals surface area contributed by atoms with Crippen LogP contribution >= 0.6 is 0 Å². The van der Waals surface area contributed by atoms with E-state index in [0.29, 0.717) is 40.1 Å². The molecule has 4 heterocycles. The molecule has 224 valence electrons. The molecule has 2 aliphatic heterocycles. The number of carboxylic acid groups (broad SMARTS) is 2. The van der Waals surface area contributed by atoms with Crippen LogP contribution in [-0.4, -0.2) is 43.9 Å². The lowest BCUT2D eigenvalue weighted by Gasteiger charge is -2.05. The van der Waals surface area contributed by atoms with Gasteiger partial charge in [0.05, 0.1) is 0 Å². The maximum Gasteiger partial charge on any atom is 0.303 e. The van der Waals surface area contributed by atoms with Crippen LogP contribution in [0.5, 0.6) is 0 Å². The molecule has 0 fully saturated rings. The number of amides is 2. The van der Waals surface area contributed by atoms with Gasteiger partial charge in [-0.2, -0.15) is 0 Å². The second-order valence-electron chi connectivity index (χ2n) is 10.7. The molecular formula is C33H36N4O6. The summed E-state index contributed by atoms with van der Waals surface area (Å²) in [7, 11) is 0. The summed E-state index contributed by atoms with van der Waals surface area (Å²) < 4.78 is 0. The fraction of sp³-hybridized carbons (Fsp3) is 0.273. The standard InChI is InChI=1S/C33H36N4O6/c1-7-20-16(3)24(13-28-22(9-11-30(38)39)18(5)32(42)36-28)34-26(20)15-27-21(8-2)17(4)25(35-27)14-29-23(10-12-31(40)41)19(6)33(43)37-29/h7-8,13-14,34-35H,1-2,9-12,15H2,3-6H3,(H,36,42)(H,37,43)(H,38,39)(H,40,41). The Morgan fingerprint density at radius 1 is 0.698 bits per heavy atom. The third-order valence-corrected chi connectivity index (χ3v) is 8.09. The summed E-state index contributed by atoms with van der Waals surface area (Å²) in [4.78, 5) is 54.0. The monoisotopic (exact) mass is 584 g/mol. The van der Waals surface area contributed by atoms with Gasteiger partial charge < -0.3 is 30.8 Å². The minimum Gasteiger partial charge on any atom is -0.481 e. The Kier molecular flexibility index (Phi) is 8.89. The first kappa shape index (κ1) is 30.8. The number of aromatic amines is 2. The van der Waals surface area contributed by atoms with Crippen molar-refractivity contribution in [1.82, 2.24) is 20.6 Å². The van der Waals surface area contributed by atoms with Crippen molar-refractivity contribution in [3.05, 3.63) is 91.9 Å². The lowest BCUT2D eigenvalue weighted by molar-refractivity contribution is -0.137. The Morgan fingerprint density at radius 2 is 1.07 bits per heavy atom. The van der Waals surface area contributed by atoms with Gasteiger partial charge in [0, 0.05) is 64.6 Å². The Bertz CT molecular complexity index is 1580. The van der Waals surface area contributed by atoms with Crippen molar-refractivity contribution in [1.29, 1.82) is 0 Å². The summed E-state index contributed by atoms with van der Waals surface area (Å²) in [6.07, 6.45) is 7.98. The molecule has 10 heteroatoms. The highest BCUT2D eigenvalue weighted by Crippen LogP contribution is 2.32. The molecule has 0 aromatic carbocycles. The van der Waals surface area contributed by atoms with Crippen LogP contribution in [0, 0.1) is 13.8 Å². The molecule has 2 aromatic heterocycles. The maximum absolute atomic E-state index is 12.4. The number of hydrogen-bond donors (Lipinski definition) is 6. The first-order valence-electron chi connectivity index (χ1n) is 13.9. The molecule has 10 nitrogen and oxygen atoms in total. The normalized spacial score (nSPS) is 16.8. The molecular weight excluding hydrogens is 548 g/mol. The fourth-order valence-corrected chi connectivity index (χ4v) is 5.59. The second kappa shape index (κ2) is 12.4. The van der Waals surface area contributed by atoms with Crippen molar-refractivity contribution in [2.24, 2.45) is 0 Å². The highest BCUT2D eigenvalue weighted by Gasteiger charge is 2.26. The highest BCUT2D eigenvalue weighted by atomic mass is 16.4. The van der Waals surface area contributed by atoms with Crippen molar-refractivity contribution >= 4 is 48.1 Å². The number of carbonyl (C=O) groups excluding carboxylic acids is 2. The Morgan fingerprint density at radius 3 is 1.40 bits per heavy atom. The first-order valence-corrected chi connectivity index (χ1v) is 13.9. The third kappa shape index (κ3) is 6.23. The number of carboxylic acids is 2. The Hall–Kier alpha value is -5.12. The van der Waals surface area contributed by atoms with Gasteiger partial charge in [0.2, 0.25) is 0 Å². The number of H-pyrrole nitrogens is 2. The molecule has 6 N–H and O–H groups in total. The number of carbonyl (C=O) groups is 4. The predicted molar refractivity (Wildman–Crippen MR) is 165 cm³/mol. The van der Waals surface area contributed by atoms with Crippen LogP contribution in [0.3, 0.4) is 0 Å². The maximum atomic E-state index is 12.4. The molecule has 0 radical (unpaired) electrons. The van der Waals surface area contributed by atoms with Crippen LogP contribution in [0.15, 0.2) is 46.8 Å². The molecule has 0 unspecified atom stereocenters. The number of allylic oxidation sites excluding steroid dienone is 2. The molecule has 4 rings (SSSR count). The van der Waals surface area contributed by atoms with Gasteiger partial charge in [0.15, 0.2) is 0 Å². The van der Waals surface area contributed by atoms with Crippen molar-refractivity contribution in [3.8, 4) is 0 Å². The zero-order chi connectivity index (χ0) is 31.6. The Balaban J connectivity index is 1.69. The molecule has 0 atom stereocenters. The average Bonchev–Trinajstić information content (AvgIpc) is 3.59. The molecule has 2 aromatic rings. The molecule has 0 bridgehead atoms. The van der Waals surface area contributed by atoms with E-state index in [0.717, 1.165) is 45.0 Å². The zero-order valence-electron chi connectivity index (χ0n) is 24.8. The lowest BCUT2D eigenvalue weighted by atomic mass is 10.0. The van der Waals surface area contributed by atoms with E-state index in [1.807, 2.05) is 26.0 Å². The lowest BCUT2D eigenvalue weighted by Crippen LogP contribution is -2.15. The van der Waals surface area contributed by atoms with Crippen molar-refractivity contribution in [2.45, 2.75) is 59.8 Å². The number of hydrogen-bond acceptors (Lipinski definition) is 4. The summed E-state index contributed by atoms with van der Waals surface area (Å²) in [6, 6.07) is 0. The Labute approximate surface area is 249 Å². The van der Waals surface area contributed by atoms with Crippen LogP contribution < -0.4 is 10.6 Å². The number of rotatable bonds is 12. The van der Waals surface area contributed by atoms with Crippen LogP contribution in [0.2, 0.25) is 0 Å². The van der Waals surface area contributed by atoms with Crippen LogP contribution in [0.4, 0.5) is 0 Å². The van der Waals surface area contributed by atoms with Crippen LogP contribution in [-0.2, 0) is 25.6 Å². The van der Waals surface area contributed by atoms with Crippen molar-refractivity contribution in [2.75, 3.05) is 0 Å². The third-order valence-electron chi connectivity index (χ3n) is 8.09. The summed E-state index contributed by atoms with van der Waals surface area (Å²) in [6.45, 7) is 15.3. The second-order valence-corrected chi connectivity index (χ2v) is 10.7. The van der Waals surface area contributed by atoms with Crippen LogP contribution in [0.25, 0.3) is 24.3 Å². The predicted octanol–water partition coefficient (Wildman–Crippen LogP) is 5.14. The fourth-order valence-electron chi connectivity index (χ4n) is 5.59. The van der Waals surface area contributed by atoms with Gasteiger partial charge in [0.1, 0.15) is 0 Å². The molecule has 2 aliphatic rings. The van der Waals surface area contributed by atoms with Gasteiger partial charge >= 0.3 is 11.9 Å².